The molecule has 0 saturated heterocycles. The maximum absolute atomic E-state index is 12.3. The van der Waals surface area contributed by atoms with Crippen LogP contribution in [0.3, 0.4) is 0 Å². The van der Waals surface area contributed by atoms with E-state index in [-0.39, 0.29) is 11.9 Å². The van der Waals surface area contributed by atoms with Crippen LogP contribution in [0.25, 0.3) is 0 Å². The summed E-state index contributed by atoms with van der Waals surface area (Å²) < 4.78 is 11.4. The van der Waals surface area contributed by atoms with Gasteiger partial charge < -0.3 is 14.4 Å². The molecule has 0 N–H and O–H groups in total. The zero-order chi connectivity index (χ0) is 15.6. The molecule has 21 heavy (non-hydrogen) atoms. The largest absolute Gasteiger partial charge is 0.490 e. The van der Waals surface area contributed by atoms with Gasteiger partial charge in [0.1, 0.15) is 6.29 Å². The van der Waals surface area contributed by atoms with Gasteiger partial charge in [-0.15, -0.1) is 0 Å². The van der Waals surface area contributed by atoms with Crippen LogP contribution < -0.4 is 14.4 Å². The Balaban J connectivity index is 2.57. The third-order valence-corrected chi connectivity index (χ3v) is 3.31. The third-order valence-electron chi connectivity index (χ3n) is 3.31. The smallest absolute Gasteiger partial charge is 0.268 e. The van der Waals surface area contributed by atoms with E-state index < -0.39 is 6.10 Å². The van der Waals surface area contributed by atoms with Gasteiger partial charge in [-0.2, -0.15) is 0 Å². The van der Waals surface area contributed by atoms with Gasteiger partial charge in [0.2, 0.25) is 0 Å². The second kappa shape index (κ2) is 6.16. The van der Waals surface area contributed by atoms with Gasteiger partial charge in [-0.1, -0.05) is 6.92 Å². The molecule has 0 fully saturated rings. The average molecular weight is 291 g/mol. The molecule has 0 radical (unpaired) electrons. The SMILES string of the molecule is CCCOc1cc(C=O)cc2c1OC(C)C(=O)N2C(C)C. The van der Waals surface area contributed by atoms with E-state index in [1.54, 1.807) is 24.0 Å². The van der Waals surface area contributed by atoms with Crippen molar-refractivity contribution in [2.24, 2.45) is 0 Å². The number of amides is 1. The summed E-state index contributed by atoms with van der Waals surface area (Å²) in [7, 11) is 0. The molecule has 1 atom stereocenters. The fourth-order valence-corrected chi connectivity index (χ4v) is 2.37. The van der Waals surface area contributed by atoms with Crippen LogP contribution in [-0.2, 0) is 4.79 Å². The van der Waals surface area contributed by atoms with Gasteiger partial charge in [-0.25, -0.2) is 0 Å². The van der Waals surface area contributed by atoms with Crippen molar-refractivity contribution in [3.63, 3.8) is 0 Å². The van der Waals surface area contributed by atoms with Crippen LogP contribution in [0.1, 0.15) is 44.5 Å². The monoisotopic (exact) mass is 291 g/mol. The minimum absolute atomic E-state index is 0.0245. The minimum Gasteiger partial charge on any atom is -0.490 e. The summed E-state index contributed by atoms with van der Waals surface area (Å²) >= 11 is 0. The number of hydrogen-bond donors (Lipinski definition) is 0. The van der Waals surface area contributed by atoms with E-state index in [4.69, 9.17) is 9.47 Å². The molecule has 1 aromatic carbocycles. The Labute approximate surface area is 124 Å². The van der Waals surface area contributed by atoms with E-state index >= 15 is 0 Å². The first kappa shape index (κ1) is 15.4. The second-order valence-corrected chi connectivity index (χ2v) is 5.40. The molecule has 0 aliphatic carbocycles. The number of aldehydes is 1. The van der Waals surface area contributed by atoms with Gasteiger partial charge in [0.05, 0.1) is 12.3 Å². The van der Waals surface area contributed by atoms with Crippen molar-refractivity contribution < 1.29 is 19.1 Å². The van der Waals surface area contributed by atoms with Crippen LogP contribution in [0.5, 0.6) is 11.5 Å². The molecule has 0 bridgehead atoms. The molecule has 5 heteroatoms. The highest BCUT2D eigenvalue weighted by atomic mass is 16.5. The Kier molecular flexibility index (Phi) is 4.50. The number of anilines is 1. The predicted molar refractivity (Wildman–Crippen MR) is 80.3 cm³/mol. The molecule has 5 nitrogen and oxygen atoms in total. The lowest BCUT2D eigenvalue weighted by atomic mass is 10.1. The van der Waals surface area contributed by atoms with Crippen LogP contribution >= 0.6 is 0 Å². The van der Waals surface area contributed by atoms with Crippen LogP contribution in [0, 0.1) is 0 Å². The molecule has 1 aromatic rings. The number of carbonyl (C=O) groups is 2. The average Bonchev–Trinajstić information content (AvgIpc) is 2.45. The van der Waals surface area contributed by atoms with Gasteiger partial charge in [0.15, 0.2) is 17.6 Å². The maximum Gasteiger partial charge on any atom is 0.268 e. The minimum atomic E-state index is -0.564. The number of ether oxygens (including phenoxy) is 2. The van der Waals surface area contributed by atoms with Crippen LogP contribution in [0.4, 0.5) is 5.69 Å². The van der Waals surface area contributed by atoms with Crippen molar-refractivity contribution in [3.8, 4) is 11.5 Å². The normalized spacial score (nSPS) is 17.5. The van der Waals surface area contributed by atoms with Gasteiger partial charge >= 0.3 is 0 Å². The molecule has 0 aromatic heterocycles. The number of fused-ring (bicyclic) bond motifs is 1. The Bertz CT molecular complexity index is 553. The van der Waals surface area contributed by atoms with Gasteiger partial charge in [0.25, 0.3) is 5.91 Å². The summed E-state index contributed by atoms with van der Waals surface area (Å²) in [5, 5.41) is 0. The summed E-state index contributed by atoms with van der Waals surface area (Å²) in [6.45, 7) is 8.11. The third kappa shape index (κ3) is 2.86. The lowest BCUT2D eigenvalue weighted by Gasteiger charge is -2.36. The van der Waals surface area contributed by atoms with Crippen LogP contribution in [0.2, 0.25) is 0 Å². The van der Waals surface area contributed by atoms with Crippen molar-refractivity contribution >= 4 is 17.9 Å². The second-order valence-electron chi connectivity index (χ2n) is 5.40. The Morgan fingerprint density at radius 2 is 2.14 bits per heavy atom. The summed E-state index contributed by atoms with van der Waals surface area (Å²) in [5.41, 5.74) is 1.07. The first-order valence-corrected chi connectivity index (χ1v) is 7.25. The van der Waals surface area contributed by atoms with Crippen molar-refractivity contribution in [1.82, 2.24) is 0 Å². The highest BCUT2D eigenvalue weighted by Gasteiger charge is 2.35. The first-order valence-electron chi connectivity index (χ1n) is 7.25. The Hall–Kier alpha value is -2.04. The molecule has 1 aliphatic rings. The van der Waals surface area contributed by atoms with Crippen molar-refractivity contribution in [3.05, 3.63) is 17.7 Å². The summed E-state index contributed by atoms with van der Waals surface area (Å²) in [6, 6.07) is 3.30. The zero-order valence-electron chi connectivity index (χ0n) is 12.9. The molecule has 1 aliphatic heterocycles. The summed E-state index contributed by atoms with van der Waals surface area (Å²) in [4.78, 5) is 25.1. The quantitative estimate of drug-likeness (QED) is 0.783. The van der Waals surface area contributed by atoms with E-state index in [9.17, 15) is 9.59 Å². The lowest BCUT2D eigenvalue weighted by molar-refractivity contribution is -0.126. The van der Waals surface area contributed by atoms with Gasteiger partial charge in [-0.05, 0) is 39.3 Å². The Morgan fingerprint density at radius 3 is 2.71 bits per heavy atom. The fraction of sp³-hybridized carbons (Fsp3) is 0.500. The molecule has 0 saturated carbocycles. The molecule has 114 valence electrons. The first-order chi connectivity index (χ1) is 9.99. The van der Waals surface area contributed by atoms with Gasteiger partial charge in [-0.3, -0.25) is 9.59 Å². The molecule has 1 unspecified atom stereocenters. The molecule has 0 spiro atoms. The van der Waals surface area contributed by atoms with Crippen LogP contribution in [0.15, 0.2) is 12.1 Å². The van der Waals surface area contributed by atoms with Crippen molar-refractivity contribution in [2.75, 3.05) is 11.5 Å². The van der Waals surface area contributed by atoms with E-state index in [1.807, 2.05) is 20.8 Å². The van der Waals surface area contributed by atoms with Crippen LogP contribution in [-0.4, -0.2) is 30.9 Å². The number of carbonyl (C=O) groups excluding carboxylic acids is 2. The maximum atomic E-state index is 12.3. The van der Waals surface area contributed by atoms with Crippen molar-refractivity contribution in [1.29, 1.82) is 0 Å². The number of nitrogens with zero attached hydrogens (tertiary/aromatic N) is 1. The standard InChI is InChI=1S/C16H21NO4/c1-5-6-20-14-8-12(9-18)7-13-15(14)21-11(4)16(19)17(13)10(2)3/h7-11H,5-6H2,1-4H3. The zero-order valence-corrected chi connectivity index (χ0v) is 12.9. The number of hydrogen-bond acceptors (Lipinski definition) is 4. The van der Waals surface area contributed by atoms with Gasteiger partial charge in [0, 0.05) is 11.6 Å². The molecule has 2 rings (SSSR count). The number of benzene rings is 1. The molecular formula is C16H21NO4. The summed E-state index contributed by atoms with van der Waals surface area (Å²) in [5.74, 6) is 0.943. The topological polar surface area (TPSA) is 55.8 Å². The number of rotatable bonds is 5. The van der Waals surface area contributed by atoms with Crippen molar-refractivity contribution in [2.45, 2.75) is 46.3 Å². The predicted octanol–water partition coefficient (Wildman–Crippen LogP) is 2.81. The fourth-order valence-electron chi connectivity index (χ4n) is 2.37. The molecular weight excluding hydrogens is 270 g/mol. The van der Waals surface area contributed by atoms with E-state index in [1.165, 1.54) is 0 Å². The molecule has 1 amide bonds. The van der Waals surface area contributed by atoms with E-state index in [2.05, 4.69) is 0 Å². The lowest BCUT2D eigenvalue weighted by Crippen LogP contribution is -2.48. The summed E-state index contributed by atoms with van der Waals surface area (Å²) in [6.07, 6.45) is 1.04. The highest BCUT2D eigenvalue weighted by Crippen LogP contribution is 2.43. The van der Waals surface area contributed by atoms with E-state index in [0.29, 0.717) is 29.4 Å². The highest BCUT2D eigenvalue weighted by molar-refractivity contribution is 6.01. The Morgan fingerprint density at radius 1 is 1.43 bits per heavy atom. The van der Waals surface area contributed by atoms with E-state index in [0.717, 1.165) is 12.7 Å². The molecule has 1 heterocycles.